The summed E-state index contributed by atoms with van der Waals surface area (Å²) >= 11 is 1.06. The summed E-state index contributed by atoms with van der Waals surface area (Å²) in [5.74, 6) is -1.29. The molecule has 0 aliphatic heterocycles. The van der Waals surface area contributed by atoms with E-state index in [0.29, 0.717) is 11.3 Å². The van der Waals surface area contributed by atoms with Crippen molar-refractivity contribution in [1.82, 2.24) is 10.3 Å². The molecule has 3 rings (SSSR count). The zero-order chi connectivity index (χ0) is 23.3. The Morgan fingerprint density at radius 1 is 1.19 bits per heavy atom. The SMILES string of the molecule is CC(NC(=O)c1cccc([N+](=O)[O-])c1)C(=O)Nc1nc(-c2ccccc2OC(F)F)cs1. The number of halogens is 2. The zero-order valence-corrected chi connectivity index (χ0v) is 17.3. The molecule has 2 aromatic carbocycles. The number of anilines is 1. The molecule has 1 unspecified atom stereocenters. The second-order valence-electron chi connectivity index (χ2n) is 6.40. The number of nitro benzene ring substituents is 1. The third kappa shape index (κ3) is 5.60. The van der Waals surface area contributed by atoms with E-state index < -0.39 is 29.4 Å². The van der Waals surface area contributed by atoms with Crippen molar-refractivity contribution in [3.05, 3.63) is 69.6 Å². The van der Waals surface area contributed by atoms with Gasteiger partial charge in [-0.25, -0.2) is 4.98 Å². The molecule has 3 aromatic rings. The third-order valence-electron chi connectivity index (χ3n) is 4.17. The Balaban J connectivity index is 1.66. The van der Waals surface area contributed by atoms with Crippen LogP contribution in [-0.4, -0.2) is 34.4 Å². The minimum atomic E-state index is -3.00. The highest BCUT2D eigenvalue weighted by Crippen LogP contribution is 2.33. The molecule has 2 amide bonds. The number of nitrogens with zero attached hydrogens (tertiary/aromatic N) is 2. The van der Waals surface area contributed by atoms with Gasteiger partial charge in [0.05, 0.1) is 10.6 Å². The molecule has 0 saturated heterocycles. The number of carbonyl (C=O) groups is 2. The number of nitro groups is 1. The monoisotopic (exact) mass is 462 g/mol. The van der Waals surface area contributed by atoms with E-state index in [1.807, 2.05) is 0 Å². The minimum absolute atomic E-state index is 0.0334. The molecule has 0 bridgehead atoms. The largest absolute Gasteiger partial charge is 0.434 e. The van der Waals surface area contributed by atoms with Gasteiger partial charge in [-0.3, -0.25) is 19.7 Å². The van der Waals surface area contributed by atoms with E-state index in [0.717, 1.165) is 17.4 Å². The summed E-state index contributed by atoms with van der Waals surface area (Å²) in [6.45, 7) is -1.56. The van der Waals surface area contributed by atoms with Crippen molar-refractivity contribution in [2.75, 3.05) is 5.32 Å². The van der Waals surface area contributed by atoms with Gasteiger partial charge in [0.15, 0.2) is 5.13 Å². The van der Waals surface area contributed by atoms with Gasteiger partial charge in [-0.15, -0.1) is 11.3 Å². The number of rotatable bonds is 8. The minimum Gasteiger partial charge on any atom is -0.434 e. The van der Waals surface area contributed by atoms with Crippen molar-refractivity contribution in [2.24, 2.45) is 0 Å². The Morgan fingerprint density at radius 2 is 1.94 bits per heavy atom. The average Bonchev–Trinajstić information content (AvgIpc) is 3.21. The smallest absolute Gasteiger partial charge is 0.387 e. The Labute approximate surface area is 184 Å². The van der Waals surface area contributed by atoms with Gasteiger partial charge in [0.2, 0.25) is 5.91 Å². The molecule has 1 aromatic heterocycles. The van der Waals surface area contributed by atoms with Gasteiger partial charge in [-0.2, -0.15) is 8.78 Å². The van der Waals surface area contributed by atoms with Crippen LogP contribution in [0.5, 0.6) is 5.75 Å². The molecule has 0 spiro atoms. The molecular weight excluding hydrogens is 446 g/mol. The van der Waals surface area contributed by atoms with Gasteiger partial charge < -0.3 is 15.4 Å². The summed E-state index contributed by atoms with van der Waals surface area (Å²) < 4.78 is 29.7. The second kappa shape index (κ2) is 9.92. The Bertz CT molecular complexity index is 1150. The number of ether oxygens (including phenoxy) is 1. The van der Waals surface area contributed by atoms with Gasteiger partial charge in [0, 0.05) is 28.6 Å². The highest BCUT2D eigenvalue weighted by molar-refractivity contribution is 7.14. The summed E-state index contributed by atoms with van der Waals surface area (Å²) in [4.78, 5) is 39.2. The quantitative estimate of drug-likeness (QED) is 0.384. The lowest BCUT2D eigenvalue weighted by atomic mass is 10.1. The van der Waals surface area contributed by atoms with Crippen LogP contribution in [0.4, 0.5) is 19.6 Å². The number of thiazole rings is 1. The maximum absolute atomic E-state index is 12.6. The predicted molar refractivity (Wildman–Crippen MR) is 113 cm³/mol. The standard InChI is InChI=1S/C20H16F2N4O5S/c1-11(23-18(28)12-5-4-6-13(9-12)26(29)30)17(27)25-20-24-15(10-32-20)14-7-2-3-8-16(14)31-19(21)22/h2-11,19H,1H3,(H,23,28)(H,24,25,27). The van der Waals surface area contributed by atoms with Gasteiger partial charge in [0.25, 0.3) is 11.6 Å². The molecule has 2 N–H and O–H groups in total. The Hall–Kier alpha value is -3.93. The van der Waals surface area contributed by atoms with Crippen LogP contribution in [0.3, 0.4) is 0 Å². The van der Waals surface area contributed by atoms with Crippen molar-refractivity contribution in [3.8, 4) is 17.0 Å². The molecular formula is C20H16F2N4O5S. The number of carbonyl (C=O) groups excluding carboxylic acids is 2. The number of non-ortho nitro benzene ring substituents is 1. The van der Waals surface area contributed by atoms with Gasteiger partial charge in [-0.1, -0.05) is 18.2 Å². The third-order valence-corrected chi connectivity index (χ3v) is 4.93. The molecule has 1 heterocycles. The molecule has 0 aliphatic carbocycles. The topological polar surface area (TPSA) is 123 Å². The van der Waals surface area contributed by atoms with Crippen molar-refractivity contribution in [2.45, 2.75) is 19.6 Å². The molecule has 9 nitrogen and oxygen atoms in total. The number of aromatic nitrogens is 1. The molecule has 0 radical (unpaired) electrons. The van der Waals surface area contributed by atoms with Crippen LogP contribution in [0.15, 0.2) is 53.9 Å². The predicted octanol–water partition coefficient (Wildman–Crippen LogP) is 4.08. The molecule has 166 valence electrons. The van der Waals surface area contributed by atoms with Crippen molar-refractivity contribution < 1.29 is 28.0 Å². The van der Waals surface area contributed by atoms with E-state index in [2.05, 4.69) is 20.4 Å². The first-order valence-electron chi connectivity index (χ1n) is 9.10. The van der Waals surface area contributed by atoms with Crippen molar-refractivity contribution in [3.63, 3.8) is 0 Å². The lowest BCUT2D eigenvalue weighted by Gasteiger charge is -2.13. The van der Waals surface area contributed by atoms with E-state index in [1.54, 1.807) is 23.6 Å². The molecule has 32 heavy (non-hydrogen) atoms. The van der Waals surface area contributed by atoms with Crippen LogP contribution in [0.1, 0.15) is 17.3 Å². The first-order chi connectivity index (χ1) is 15.2. The number of hydrogen-bond donors (Lipinski definition) is 2. The lowest BCUT2D eigenvalue weighted by molar-refractivity contribution is -0.384. The first-order valence-corrected chi connectivity index (χ1v) is 9.98. The number of hydrogen-bond acceptors (Lipinski definition) is 7. The zero-order valence-electron chi connectivity index (χ0n) is 16.5. The molecule has 12 heteroatoms. The van der Waals surface area contributed by atoms with Crippen LogP contribution in [-0.2, 0) is 4.79 Å². The highest BCUT2D eigenvalue weighted by atomic mass is 32.1. The fraction of sp³-hybridized carbons (Fsp3) is 0.150. The number of benzene rings is 2. The molecule has 0 saturated carbocycles. The Morgan fingerprint density at radius 3 is 2.66 bits per heavy atom. The average molecular weight is 462 g/mol. The van der Waals surface area contributed by atoms with Crippen LogP contribution in [0.2, 0.25) is 0 Å². The molecule has 0 aliphatic rings. The van der Waals surface area contributed by atoms with E-state index in [9.17, 15) is 28.5 Å². The normalized spacial score (nSPS) is 11.6. The van der Waals surface area contributed by atoms with E-state index in [-0.39, 0.29) is 22.1 Å². The van der Waals surface area contributed by atoms with Crippen molar-refractivity contribution >= 4 is 34.0 Å². The summed E-state index contributed by atoms with van der Waals surface area (Å²) in [7, 11) is 0. The molecule has 0 fully saturated rings. The van der Waals surface area contributed by atoms with Crippen LogP contribution in [0, 0.1) is 10.1 Å². The summed E-state index contributed by atoms with van der Waals surface area (Å²) in [6.07, 6.45) is 0. The van der Waals surface area contributed by atoms with Crippen LogP contribution >= 0.6 is 11.3 Å². The molecule has 1 atom stereocenters. The van der Waals surface area contributed by atoms with Gasteiger partial charge in [0.1, 0.15) is 11.8 Å². The van der Waals surface area contributed by atoms with Crippen LogP contribution in [0.25, 0.3) is 11.3 Å². The fourth-order valence-corrected chi connectivity index (χ4v) is 3.37. The van der Waals surface area contributed by atoms with Gasteiger partial charge >= 0.3 is 6.61 Å². The summed E-state index contributed by atoms with van der Waals surface area (Å²) in [6, 6.07) is 10.2. The van der Waals surface area contributed by atoms with E-state index in [1.165, 1.54) is 31.2 Å². The summed E-state index contributed by atoms with van der Waals surface area (Å²) in [5, 5.41) is 17.6. The Kier molecular flexibility index (Phi) is 7.05. The lowest BCUT2D eigenvalue weighted by Crippen LogP contribution is -2.41. The van der Waals surface area contributed by atoms with E-state index in [4.69, 9.17) is 0 Å². The maximum Gasteiger partial charge on any atom is 0.387 e. The number of amides is 2. The number of para-hydroxylation sites is 1. The second-order valence-corrected chi connectivity index (χ2v) is 7.26. The number of nitrogens with one attached hydrogen (secondary N) is 2. The maximum atomic E-state index is 12.6. The van der Waals surface area contributed by atoms with Gasteiger partial charge in [-0.05, 0) is 25.1 Å². The van der Waals surface area contributed by atoms with Crippen LogP contribution < -0.4 is 15.4 Å². The number of alkyl halides is 2. The summed E-state index contributed by atoms with van der Waals surface area (Å²) in [5.41, 5.74) is 0.443. The fourth-order valence-electron chi connectivity index (χ4n) is 2.65. The first kappa shape index (κ1) is 22.7. The van der Waals surface area contributed by atoms with E-state index >= 15 is 0 Å². The highest BCUT2D eigenvalue weighted by Gasteiger charge is 2.20. The van der Waals surface area contributed by atoms with Crippen molar-refractivity contribution in [1.29, 1.82) is 0 Å².